The normalized spacial score (nSPS) is 11.3. The number of hydrogen-bond acceptors (Lipinski definition) is 1. The van der Waals surface area contributed by atoms with Crippen LogP contribution in [0.5, 0.6) is 0 Å². The van der Waals surface area contributed by atoms with Gasteiger partial charge in [-0.05, 0) is 0 Å². The quantitative estimate of drug-likeness (QED) is 0.657. The predicted molar refractivity (Wildman–Crippen MR) is 74.1 cm³/mol. The summed E-state index contributed by atoms with van der Waals surface area (Å²) in [6, 6.07) is 18.7. The zero-order valence-corrected chi connectivity index (χ0v) is 10.9. The van der Waals surface area contributed by atoms with E-state index in [1.807, 2.05) is 12.1 Å². The average Bonchev–Trinajstić information content (AvgIpc) is 2.80. The van der Waals surface area contributed by atoms with E-state index in [1.165, 1.54) is 14.4 Å². The van der Waals surface area contributed by atoms with Crippen LogP contribution in [-0.2, 0) is 0 Å². The summed E-state index contributed by atoms with van der Waals surface area (Å²) in [4.78, 5) is 4.62. The Morgan fingerprint density at radius 1 is 0.824 bits per heavy atom. The molecule has 3 rings (SSSR count). The molecule has 0 spiro atoms. The van der Waals surface area contributed by atoms with Crippen LogP contribution in [-0.4, -0.2) is 19.5 Å². The van der Waals surface area contributed by atoms with Gasteiger partial charge in [-0.25, -0.2) is 0 Å². The molecule has 0 amide bonds. The van der Waals surface area contributed by atoms with Gasteiger partial charge in [-0.3, -0.25) is 0 Å². The molecular formula is C15H11NSe. The molecule has 17 heavy (non-hydrogen) atoms. The Hall–Kier alpha value is -1.63. The molecule has 0 saturated heterocycles. The molecule has 1 heterocycles. The minimum atomic E-state index is 0.363. The van der Waals surface area contributed by atoms with Crippen LogP contribution in [0.2, 0.25) is 0 Å². The molecule has 3 aromatic rings. The number of hydrogen-bond donors (Lipinski definition) is 0. The number of para-hydroxylation sites is 1. The van der Waals surface area contributed by atoms with Gasteiger partial charge in [-0.2, -0.15) is 0 Å². The van der Waals surface area contributed by atoms with Crippen molar-refractivity contribution in [2.24, 2.45) is 0 Å². The fourth-order valence-corrected chi connectivity index (χ4v) is 3.52. The van der Waals surface area contributed by atoms with Gasteiger partial charge in [0.25, 0.3) is 0 Å². The first kappa shape index (κ1) is 10.5. The molecule has 0 atom stereocenters. The van der Waals surface area contributed by atoms with Crippen LogP contribution in [0, 0.1) is 0 Å². The van der Waals surface area contributed by atoms with E-state index in [0.717, 1.165) is 5.52 Å². The summed E-state index contributed by atoms with van der Waals surface area (Å²) < 4.78 is 2.58. The molecule has 0 aliphatic carbocycles. The van der Waals surface area contributed by atoms with Crippen LogP contribution in [0.15, 0.2) is 54.6 Å². The Morgan fingerprint density at radius 3 is 2.41 bits per heavy atom. The molecule has 0 fully saturated rings. The number of nitrogens with zero attached hydrogens (tertiary/aromatic N) is 1. The number of fused-ring (bicyclic) bond motifs is 1. The summed E-state index contributed by atoms with van der Waals surface area (Å²) >= 11 is 0.363. The van der Waals surface area contributed by atoms with E-state index >= 15 is 0 Å². The Labute approximate surface area is 106 Å². The van der Waals surface area contributed by atoms with Gasteiger partial charge in [0.05, 0.1) is 0 Å². The van der Waals surface area contributed by atoms with Gasteiger partial charge in [0.1, 0.15) is 0 Å². The zero-order chi connectivity index (χ0) is 11.5. The van der Waals surface area contributed by atoms with Crippen molar-refractivity contribution in [1.29, 1.82) is 0 Å². The summed E-state index contributed by atoms with van der Waals surface area (Å²) in [7, 11) is 0. The third-order valence-electron chi connectivity index (χ3n) is 2.53. The van der Waals surface area contributed by atoms with Crippen molar-refractivity contribution in [2.45, 2.75) is 0 Å². The Morgan fingerprint density at radius 2 is 1.59 bits per heavy atom. The molecule has 2 heteroatoms. The molecule has 1 aromatic heterocycles. The Balaban J connectivity index is 1.92. The van der Waals surface area contributed by atoms with Crippen LogP contribution in [0.3, 0.4) is 0 Å². The van der Waals surface area contributed by atoms with E-state index in [2.05, 4.69) is 59.6 Å². The van der Waals surface area contributed by atoms with E-state index in [4.69, 9.17) is 0 Å². The fraction of sp³-hybridized carbons (Fsp3) is 0. The summed E-state index contributed by atoms with van der Waals surface area (Å²) in [6.07, 6.45) is 4.27. The topological polar surface area (TPSA) is 12.9 Å². The maximum absolute atomic E-state index is 4.62. The monoisotopic (exact) mass is 285 g/mol. The van der Waals surface area contributed by atoms with Gasteiger partial charge in [-0.1, -0.05) is 0 Å². The molecule has 0 unspecified atom stereocenters. The summed E-state index contributed by atoms with van der Waals surface area (Å²) in [6.45, 7) is 0. The molecule has 0 radical (unpaired) electrons. The van der Waals surface area contributed by atoms with Crippen LogP contribution >= 0.6 is 0 Å². The zero-order valence-electron chi connectivity index (χ0n) is 9.21. The molecule has 0 aliphatic heterocycles. The summed E-state index contributed by atoms with van der Waals surface area (Å²) in [5.41, 5.74) is 2.36. The standard InChI is InChI=1S/C15H11NSe/c1-2-6-12(7-3-1)10-11-15-16-13-8-4-5-9-14(13)17-15/h1-11H/b11-10+. The van der Waals surface area contributed by atoms with Crippen LogP contribution in [0.25, 0.3) is 21.9 Å². The first-order chi connectivity index (χ1) is 8.42. The van der Waals surface area contributed by atoms with Crippen molar-refractivity contribution < 1.29 is 0 Å². The van der Waals surface area contributed by atoms with E-state index in [-0.39, 0.29) is 0 Å². The maximum atomic E-state index is 4.62. The second-order valence-electron chi connectivity index (χ2n) is 3.76. The van der Waals surface area contributed by atoms with Gasteiger partial charge in [0.2, 0.25) is 0 Å². The van der Waals surface area contributed by atoms with Crippen LogP contribution in [0.1, 0.15) is 10.1 Å². The van der Waals surface area contributed by atoms with E-state index < -0.39 is 0 Å². The third kappa shape index (κ3) is 2.38. The summed E-state index contributed by atoms with van der Waals surface area (Å²) in [5.74, 6) is 0. The van der Waals surface area contributed by atoms with Crippen molar-refractivity contribution in [3.8, 4) is 0 Å². The van der Waals surface area contributed by atoms with Gasteiger partial charge >= 0.3 is 106 Å². The van der Waals surface area contributed by atoms with Crippen LogP contribution < -0.4 is 0 Å². The van der Waals surface area contributed by atoms with Crippen LogP contribution in [0.4, 0.5) is 0 Å². The Kier molecular flexibility index (Phi) is 2.91. The second-order valence-corrected chi connectivity index (χ2v) is 5.99. The molecule has 0 saturated carbocycles. The summed E-state index contributed by atoms with van der Waals surface area (Å²) in [5, 5.41) is 0. The predicted octanol–water partition coefficient (Wildman–Crippen LogP) is 3.46. The van der Waals surface area contributed by atoms with Crippen molar-refractivity contribution in [2.75, 3.05) is 0 Å². The van der Waals surface area contributed by atoms with Crippen molar-refractivity contribution >= 4 is 36.4 Å². The molecule has 82 valence electrons. The van der Waals surface area contributed by atoms with Gasteiger partial charge in [-0.15, -0.1) is 0 Å². The molecular weight excluding hydrogens is 273 g/mol. The molecule has 2 aromatic carbocycles. The van der Waals surface area contributed by atoms with Crippen molar-refractivity contribution in [1.82, 2.24) is 4.98 Å². The van der Waals surface area contributed by atoms with E-state index in [1.54, 1.807) is 0 Å². The van der Waals surface area contributed by atoms with E-state index in [0.29, 0.717) is 14.5 Å². The van der Waals surface area contributed by atoms with Crippen molar-refractivity contribution in [3.05, 3.63) is 64.7 Å². The molecule has 0 bridgehead atoms. The number of aromatic nitrogens is 1. The molecule has 0 aliphatic rings. The third-order valence-corrected chi connectivity index (χ3v) is 4.63. The average molecular weight is 284 g/mol. The molecule has 1 nitrogen and oxygen atoms in total. The van der Waals surface area contributed by atoms with Gasteiger partial charge in [0, 0.05) is 0 Å². The Bertz CT molecular complexity index is 620. The van der Waals surface area contributed by atoms with Gasteiger partial charge in [0.15, 0.2) is 0 Å². The fourth-order valence-electron chi connectivity index (χ4n) is 1.69. The first-order valence-electron chi connectivity index (χ1n) is 5.50. The van der Waals surface area contributed by atoms with E-state index in [9.17, 15) is 0 Å². The second kappa shape index (κ2) is 4.70. The number of rotatable bonds is 2. The van der Waals surface area contributed by atoms with Crippen molar-refractivity contribution in [3.63, 3.8) is 0 Å². The minimum absolute atomic E-state index is 0.363. The molecule has 0 N–H and O–H groups in total. The first-order valence-corrected chi connectivity index (χ1v) is 7.22. The van der Waals surface area contributed by atoms with Gasteiger partial charge < -0.3 is 0 Å². The SMILES string of the molecule is C(=C\c1nc2ccccc2[se]1)/c1ccccc1. The number of benzene rings is 2.